The Balaban J connectivity index is 0.931. The summed E-state index contributed by atoms with van der Waals surface area (Å²) in [6, 6.07) is 111. The number of para-hydroxylation sites is 13. The maximum atomic E-state index is 6.71. The van der Waals surface area contributed by atoms with Gasteiger partial charge in [-0.1, -0.05) is 181 Å². The van der Waals surface area contributed by atoms with E-state index in [1.165, 1.54) is 49.5 Å². The molecule has 0 saturated heterocycles. The van der Waals surface area contributed by atoms with Crippen LogP contribution in [0.25, 0.3) is 0 Å². The molecule has 6 aliphatic heterocycles. The summed E-state index contributed by atoms with van der Waals surface area (Å²) in [4.78, 5) is 12.4. The second-order valence-corrected chi connectivity index (χ2v) is 23.5. The summed E-state index contributed by atoms with van der Waals surface area (Å²) in [7, 11) is 0. The molecule has 0 spiro atoms. The van der Waals surface area contributed by atoms with Gasteiger partial charge in [-0.3, -0.25) is 0 Å². The van der Waals surface area contributed by atoms with Crippen molar-refractivity contribution in [1.82, 2.24) is 0 Å². The summed E-state index contributed by atoms with van der Waals surface area (Å²) >= 11 is 0. The molecule has 0 aliphatic carbocycles. The largest absolute Gasteiger partial charge is 0.453 e. The van der Waals surface area contributed by atoms with Crippen molar-refractivity contribution in [2.24, 2.45) is 0 Å². The Morgan fingerprint density at radius 3 is 1.02 bits per heavy atom. The number of hydrogen-bond acceptors (Lipinski definition) is 7. The quantitative estimate of drug-likeness (QED) is 0.154. The third-order valence-corrected chi connectivity index (χ3v) is 18.8. The Bertz CT molecular complexity index is 4610. The average Bonchev–Trinajstić information content (AvgIpc) is 0.727. The number of ether oxygens (including phenoxy) is 2. The minimum Gasteiger partial charge on any atom is -0.453 e. The summed E-state index contributed by atoms with van der Waals surface area (Å²) in [5.74, 6) is 3.07. The maximum Gasteiger partial charge on any atom is 0.252 e. The predicted molar refractivity (Wildman–Crippen MR) is 363 cm³/mol. The molecular formula is C79H51B2N5O2. The van der Waals surface area contributed by atoms with Crippen LogP contribution in [0.3, 0.4) is 0 Å². The second-order valence-electron chi connectivity index (χ2n) is 23.5. The molecule has 0 amide bonds. The van der Waals surface area contributed by atoms with Crippen molar-refractivity contribution in [3.8, 4) is 23.0 Å². The van der Waals surface area contributed by atoms with Gasteiger partial charge >= 0.3 is 0 Å². The van der Waals surface area contributed by atoms with E-state index in [9.17, 15) is 0 Å². The van der Waals surface area contributed by atoms with Gasteiger partial charge in [-0.15, -0.1) is 0 Å². The van der Waals surface area contributed by atoms with E-state index in [-0.39, 0.29) is 19.3 Å². The van der Waals surface area contributed by atoms with Crippen molar-refractivity contribution in [1.29, 1.82) is 0 Å². The molecule has 9 heteroatoms. The minimum atomic E-state index is -0.185. The van der Waals surface area contributed by atoms with Crippen LogP contribution in [0.4, 0.5) is 85.3 Å². The predicted octanol–water partition coefficient (Wildman–Crippen LogP) is 16.7. The van der Waals surface area contributed by atoms with Crippen molar-refractivity contribution in [2.75, 3.05) is 24.5 Å². The van der Waals surface area contributed by atoms with E-state index in [1.807, 2.05) is 0 Å². The molecule has 6 heterocycles. The Labute approximate surface area is 511 Å². The van der Waals surface area contributed by atoms with Crippen LogP contribution in [-0.2, 0) is 0 Å². The average molecular weight is 1120 g/mol. The molecule has 0 bridgehead atoms. The molecule has 1 unspecified atom stereocenters. The lowest BCUT2D eigenvalue weighted by molar-refractivity contribution is 0.477. The van der Waals surface area contributed by atoms with Crippen LogP contribution >= 0.6 is 0 Å². The lowest BCUT2D eigenvalue weighted by Crippen LogP contribution is -2.65. The first-order valence-electron chi connectivity index (χ1n) is 30.3. The fourth-order valence-electron chi connectivity index (χ4n) is 15.4. The Morgan fingerprint density at radius 1 is 0.227 bits per heavy atom. The van der Waals surface area contributed by atoms with Gasteiger partial charge in [-0.25, -0.2) is 0 Å². The van der Waals surface area contributed by atoms with Crippen LogP contribution in [0.5, 0.6) is 23.0 Å². The zero-order valence-electron chi connectivity index (χ0n) is 47.7. The van der Waals surface area contributed by atoms with Crippen LogP contribution in [0.2, 0.25) is 0 Å². The van der Waals surface area contributed by atoms with Gasteiger partial charge in [0.15, 0.2) is 23.0 Å². The van der Waals surface area contributed by atoms with Gasteiger partial charge in [0.1, 0.15) is 0 Å². The van der Waals surface area contributed by atoms with E-state index in [1.54, 1.807) is 0 Å². The van der Waals surface area contributed by atoms with Crippen molar-refractivity contribution >= 4 is 132 Å². The maximum absolute atomic E-state index is 6.71. The first-order valence-corrected chi connectivity index (χ1v) is 30.3. The fraction of sp³-hybridized carbons (Fsp3) is 0.0127. The number of nitrogens with zero attached hydrogens (tertiary/aromatic N) is 5. The molecule has 13 aromatic rings. The molecular weight excluding hydrogens is 1070 g/mol. The molecule has 0 fully saturated rings. The molecule has 410 valence electrons. The minimum absolute atomic E-state index is 0.130. The molecule has 7 nitrogen and oxygen atoms in total. The van der Waals surface area contributed by atoms with E-state index in [4.69, 9.17) is 9.47 Å². The molecule has 19 rings (SSSR count). The molecule has 88 heavy (non-hydrogen) atoms. The summed E-state index contributed by atoms with van der Waals surface area (Å²) < 4.78 is 13.4. The lowest BCUT2D eigenvalue weighted by Gasteiger charge is -2.47. The van der Waals surface area contributed by atoms with Gasteiger partial charge < -0.3 is 34.0 Å². The van der Waals surface area contributed by atoms with Crippen LogP contribution in [0.15, 0.2) is 303 Å². The summed E-state index contributed by atoms with van der Waals surface area (Å²) in [6.07, 6.45) is 0. The van der Waals surface area contributed by atoms with Gasteiger partial charge in [0.25, 0.3) is 6.71 Å². The van der Waals surface area contributed by atoms with Crippen LogP contribution in [0, 0.1) is 0 Å². The number of benzene rings is 13. The molecule has 0 saturated carbocycles. The molecule has 13 aromatic carbocycles. The van der Waals surface area contributed by atoms with E-state index < -0.39 is 0 Å². The van der Waals surface area contributed by atoms with E-state index in [0.717, 1.165) is 108 Å². The van der Waals surface area contributed by atoms with Crippen LogP contribution in [-0.4, -0.2) is 13.4 Å². The summed E-state index contributed by atoms with van der Waals surface area (Å²) in [6.45, 7) is -0.284. The number of rotatable bonds is 6. The molecule has 0 radical (unpaired) electrons. The first-order chi connectivity index (χ1) is 43.7. The van der Waals surface area contributed by atoms with Crippen molar-refractivity contribution in [3.63, 3.8) is 0 Å². The van der Waals surface area contributed by atoms with Crippen molar-refractivity contribution in [3.05, 3.63) is 320 Å². The van der Waals surface area contributed by atoms with Crippen LogP contribution in [0.1, 0.15) is 22.6 Å². The Kier molecular flexibility index (Phi) is 10.6. The van der Waals surface area contributed by atoms with E-state index in [0.29, 0.717) is 0 Å². The summed E-state index contributed by atoms with van der Waals surface area (Å²) in [5.41, 5.74) is 27.7. The highest BCUT2D eigenvalue weighted by molar-refractivity contribution is 7.02. The Hall–Kier alpha value is -11.4. The summed E-state index contributed by atoms with van der Waals surface area (Å²) in [5, 5.41) is 0. The molecule has 1 atom stereocenters. The molecule has 0 aromatic heterocycles. The topological polar surface area (TPSA) is 34.7 Å². The highest BCUT2D eigenvalue weighted by Crippen LogP contribution is 2.56. The zero-order chi connectivity index (χ0) is 57.6. The highest BCUT2D eigenvalue weighted by Gasteiger charge is 2.49. The smallest absolute Gasteiger partial charge is 0.252 e. The first kappa shape index (κ1) is 48.9. The van der Waals surface area contributed by atoms with Crippen molar-refractivity contribution < 1.29 is 9.47 Å². The van der Waals surface area contributed by atoms with E-state index >= 15 is 0 Å². The third-order valence-electron chi connectivity index (χ3n) is 18.8. The van der Waals surface area contributed by atoms with Gasteiger partial charge in [0, 0.05) is 62.8 Å². The second kappa shape index (κ2) is 19.0. The van der Waals surface area contributed by atoms with Gasteiger partial charge in [-0.05, 0) is 171 Å². The normalized spacial score (nSPS) is 14.7. The zero-order valence-corrected chi connectivity index (χ0v) is 47.7. The number of fused-ring (bicyclic) bond motifs is 12. The lowest BCUT2D eigenvalue weighted by atomic mass is 9.28. The van der Waals surface area contributed by atoms with Gasteiger partial charge in [0.05, 0.1) is 28.4 Å². The highest BCUT2D eigenvalue weighted by atomic mass is 16.5. The molecule has 6 aliphatic rings. The monoisotopic (exact) mass is 1120 g/mol. The Morgan fingerprint density at radius 2 is 0.568 bits per heavy atom. The van der Waals surface area contributed by atoms with Gasteiger partial charge in [-0.2, -0.15) is 0 Å². The van der Waals surface area contributed by atoms with E-state index in [2.05, 4.69) is 328 Å². The SMILES string of the molecule is c1ccc(C2c3cc4c(cc3B3c5ccccc5N(c5ccccc5)c5cc(N6c7ccccc7Oc7ccccc76)cc2c53)B2c3ccccc3N(c3ccccc3)c3cc(N5c6ccccc6Oc6ccccc65)cc(c32)N4c2ccccc2)cc1. The third kappa shape index (κ3) is 7.10. The number of anilines is 15. The van der Waals surface area contributed by atoms with Crippen molar-refractivity contribution in [2.45, 2.75) is 5.92 Å². The fourth-order valence-corrected chi connectivity index (χ4v) is 15.4. The number of hydrogen-bond donors (Lipinski definition) is 0. The standard InChI is InChI=1S/C79H51B2N5O2/c1-5-25-51(26-6-1)77-57-49-69-62(50-61(57)80-59-33-13-15-35-63(59)82(52-27-7-2-8-28-52)70-46-55(45-58(77)78(70)80)85-65-37-17-21-41-73(65)87-74-42-22-18-38-66(74)85)81-60-34-14-16-36-64(60)83(53-29-9-3-10-30-53)71-47-56(48-72(79(71)81)84(69)54-31-11-4-12-32-54)86-67-39-19-23-43-75(67)88-76-44-24-20-40-68(76)86/h1-50,77H. The molecule has 0 N–H and O–H groups in total. The van der Waals surface area contributed by atoms with Gasteiger partial charge in [0.2, 0.25) is 6.71 Å². The van der Waals surface area contributed by atoms with Crippen LogP contribution < -0.4 is 66.8 Å².